The van der Waals surface area contributed by atoms with Crippen molar-refractivity contribution in [1.82, 2.24) is 0 Å². The third-order valence-electron chi connectivity index (χ3n) is 9.48. The third kappa shape index (κ3) is 8.02. The van der Waals surface area contributed by atoms with Crippen molar-refractivity contribution < 1.29 is 5.11 Å². The number of hydrogen-bond donors (Lipinski definition) is 1. The molecule has 0 aliphatic carbocycles. The monoisotopic (exact) mass is 442 g/mol. The average Bonchev–Trinajstić information content (AvgIpc) is 2.76. The van der Waals surface area contributed by atoms with E-state index in [0.29, 0.717) is 35.5 Å². The van der Waals surface area contributed by atoms with E-state index in [2.05, 4.69) is 82.4 Å². The summed E-state index contributed by atoms with van der Waals surface area (Å²) in [5, 5.41) is 12.1. The minimum Gasteiger partial charge on any atom is -0.393 e. The summed E-state index contributed by atoms with van der Waals surface area (Å²) in [6.45, 7) is 26.1. The minimum absolute atomic E-state index is 0.217. The number of thioether (sulfide) groups is 1. The molecule has 0 aromatic heterocycles. The SMILES string of the molecule is CCCC(CC)C(C)C(C)C(C)C(C)C(O)C(C)C(C)C(C)C(CC)C(CC)SC. The van der Waals surface area contributed by atoms with Gasteiger partial charge in [-0.1, -0.05) is 102 Å². The maximum absolute atomic E-state index is 11.4. The van der Waals surface area contributed by atoms with Gasteiger partial charge in [0.1, 0.15) is 0 Å². The first-order valence-corrected chi connectivity index (χ1v) is 14.5. The Hall–Kier alpha value is 0.310. The number of aliphatic hydroxyl groups is 1. The molecule has 0 radical (unpaired) electrons. The molecule has 0 aliphatic heterocycles. The smallest absolute Gasteiger partial charge is 0.0596 e. The topological polar surface area (TPSA) is 20.2 Å². The van der Waals surface area contributed by atoms with Crippen LogP contribution >= 0.6 is 11.8 Å². The molecule has 0 fully saturated rings. The number of aliphatic hydroxyl groups excluding tert-OH is 1. The van der Waals surface area contributed by atoms with Crippen molar-refractivity contribution in [3.63, 3.8) is 0 Å². The van der Waals surface area contributed by atoms with E-state index in [-0.39, 0.29) is 6.10 Å². The molecule has 11 atom stereocenters. The molecule has 0 saturated carbocycles. The predicted octanol–water partition coefficient (Wildman–Crippen LogP) is 8.79. The van der Waals surface area contributed by atoms with Gasteiger partial charge in [-0.2, -0.15) is 11.8 Å². The van der Waals surface area contributed by atoms with Crippen molar-refractivity contribution in [3.8, 4) is 0 Å². The Morgan fingerprint density at radius 2 is 1.07 bits per heavy atom. The first-order chi connectivity index (χ1) is 14.0. The number of hydrogen-bond acceptors (Lipinski definition) is 2. The van der Waals surface area contributed by atoms with Gasteiger partial charge in [0.2, 0.25) is 0 Å². The van der Waals surface area contributed by atoms with Crippen LogP contribution < -0.4 is 0 Å². The van der Waals surface area contributed by atoms with Gasteiger partial charge in [-0.05, 0) is 65.9 Å². The summed E-state index contributed by atoms with van der Waals surface area (Å²) in [7, 11) is 0. The summed E-state index contributed by atoms with van der Waals surface area (Å²) < 4.78 is 0. The Bertz CT molecular complexity index is 421. The molecule has 182 valence electrons. The molecule has 0 rings (SSSR count). The van der Waals surface area contributed by atoms with Crippen LogP contribution in [0.25, 0.3) is 0 Å². The van der Waals surface area contributed by atoms with E-state index in [4.69, 9.17) is 0 Å². The summed E-state index contributed by atoms with van der Waals surface area (Å²) in [6, 6.07) is 0. The molecule has 30 heavy (non-hydrogen) atoms. The molecule has 0 amide bonds. The van der Waals surface area contributed by atoms with Crippen molar-refractivity contribution in [2.45, 2.75) is 120 Å². The standard InChI is InChI=1S/C28H58OS/c1-13-17-25(14-2)21(8)18(5)19(6)23(10)28(29)24(11)20(7)22(9)26(15-3)27(16-4)30-12/h18-29H,13-17H2,1-12H3. The van der Waals surface area contributed by atoms with Crippen molar-refractivity contribution in [3.05, 3.63) is 0 Å². The van der Waals surface area contributed by atoms with Gasteiger partial charge in [0.05, 0.1) is 6.10 Å². The Labute approximate surface area is 196 Å². The molecule has 11 unspecified atom stereocenters. The molecule has 0 saturated heterocycles. The highest BCUT2D eigenvalue weighted by atomic mass is 32.2. The first-order valence-electron chi connectivity index (χ1n) is 13.2. The molecule has 1 nitrogen and oxygen atoms in total. The van der Waals surface area contributed by atoms with Crippen LogP contribution in [0.15, 0.2) is 0 Å². The van der Waals surface area contributed by atoms with E-state index in [1.54, 1.807) is 0 Å². The van der Waals surface area contributed by atoms with E-state index in [0.717, 1.165) is 23.0 Å². The highest BCUT2D eigenvalue weighted by Gasteiger charge is 2.37. The zero-order chi connectivity index (χ0) is 23.6. The fourth-order valence-electron chi connectivity index (χ4n) is 6.18. The Morgan fingerprint density at radius 3 is 1.43 bits per heavy atom. The lowest BCUT2D eigenvalue weighted by molar-refractivity contribution is -0.0133. The van der Waals surface area contributed by atoms with Crippen molar-refractivity contribution in [1.29, 1.82) is 0 Å². The number of rotatable bonds is 16. The van der Waals surface area contributed by atoms with E-state index < -0.39 is 0 Å². The second-order valence-corrected chi connectivity index (χ2v) is 11.8. The van der Waals surface area contributed by atoms with E-state index in [1.165, 1.54) is 32.1 Å². The summed E-state index contributed by atoms with van der Waals surface area (Å²) in [5.74, 6) is 5.33. The molecule has 0 bridgehead atoms. The minimum atomic E-state index is -0.217. The van der Waals surface area contributed by atoms with Crippen LogP contribution in [0.5, 0.6) is 0 Å². The predicted molar refractivity (Wildman–Crippen MR) is 140 cm³/mol. The highest BCUT2D eigenvalue weighted by molar-refractivity contribution is 7.99. The Kier molecular flexibility index (Phi) is 15.4. The fourth-order valence-corrected chi connectivity index (χ4v) is 7.31. The molecule has 0 aromatic carbocycles. The molecule has 0 aliphatic rings. The van der Waals surface area contributed by atoms with Gasteiger partial charge in [-0.25, -0.2) is 0 Å². The second kappa shape index (κ2) is 15.2. The van der Waals surface area contributed by atoms with E-state index >= 15 is 0 Å². The second-order valence-electron chi connectivity index (χ2n) is 10.7. The van der Waals surface area contributed by atoms with Crippen LogP contribution in [0.1, 0.15) is 108 Å². The lowest BCUT2D eigenvalue weighted by Crippen LogP contribution is -2.40. The van der Waals surface area contributed by atoms with Gasteiger partial charge in [0.15, 0.2) is 0 Å². The largest absolute Gasteiger partial charge is 0.393 e. The highest BCUT2D eigenvalue weighted by Crippen LogP contribution is 2.41. The summed E-state index contributed by atoms with van der Waals surface area (Å²) >= 11 is 2.03. The molecule has 0 spiro atoms. The van der Waals surface area contributed by atoms with E-state index in [9.17, 15) is 5.11 Å². The lowest BCUT2D eigenvalue weighted by atomic mass is 9.67. The third-order valence-corrected chi connectivity index (χ3v) is 10.8. The fraction of sp³-hybridized carbons (Fsp3) is 1.00. The van der Waals surface area contributed by atoms with Crippen molar-refractivity contribution in [2.75, 3.05) is 6.26 Å². The lowest BCUT2D eigenvalue weighted by Gasteiger charge is -2.41. The summed E-state index contributed by atoms with van der Waals surface area (Å²) in [4.78, 5) is 0. The Balaban J connectivity index is 5.22. The first kappa shape index (κ1) is 30.3. The maximum Gasteiger partial charge on any atom is 0.0596 e. The molecular formula is C28H58OS. The quantitative estimate of drug-likeness (QED) is 0.258. The van der Waals surface area contributed by atoms with Gasteiger partial charge in [0.25, 0.3) is 0 Å². The maximum atomic E-state index is 11.4. The van der Waals surface area contributed by atoms with Gasteiger partial charge < -0.3 is 5.11 Å². The van der Waals surface area contributed by atoms with Crippen LogP contribution in [0.4, 0.5) is 0 Å². The van der Waals surface area contributed by atoms with E-state index in [1.807, 2.05) is 11.8 Å². The summed E-state index contributed by atoms with van der Waals surface area (Å²) in [6.07, 6.45) is 8.42. The van der Waals surface area contributed by atoms with Gasteiger partial charge >= 0.3 is 0 Å². The molecule has 2 heteroatoms. The zero-order valence-electron chi connectivity index (χ0n) is 22.7. The molecular weight excluding hydrogens is 384 g/mol. The van der Waals surface area contributed by atoms with Crippen LogP contribution in [0.3, 0.4) is 0 Å². The van der Waals surface area contributed by atoms with Gasteiger partial charge in [-0.3, -0.25) is 0 Å². The Morgan fingerprint density at radius 1 is 0.600 bits per heavy atom. The normalized spacial score (nSPS) is 23.5. The molecule has 1 N–H and O–H groups in total. The zero-order valence-corrected chi connectivity index (χ0v) is 23.6. The van der Waals surface area contributed by atoms with Crippen LogP contribution in [-0.4, -0.2) is 22.7 Å². The van der Waals surface area contributed by atoms with Crippen LogP contribution in [0.2, 0.25) is 0 Å². The molecule has 0 aromatic rings. The van der Waals surface area contributed by atoms with Crippen LogP contribution in [0, 0.1) is 53.3 Å². The van der Waals surface area contributed by atoms with Crippen molar-refractivity contribution >= 4 is 11.8 Å². The van der Waals surface area contributed by atoms with Gasteiger partial charge in [-0.15, -0.1) is 0 Å². The molecule has 0 heterocycles. The van der Waals surface area contributed by atoms with Crippen molar-refractivity contribution in [2.24, 2.45) is 53.3 Å². The summed E-state index contributed by atoms with van der Waals surface area (Å²) in [5.41, 5.74) is 0. The van der Waals surface area contributed by atoms with Gasteiger partial charge in [0, 0.05) is 5.25 Å². The van der Waals surface area contributed by atoms with Crippen LogP contribution in [-0.2, 0) is 0 Å². The average molecular weight is 443 g/mol.